The molecule has 0 atom stereocenters. The second-order valence-corrected chi connectivity index (χ2v) is 3.69. The number of ketones is 1. The summed E-state index contributed by atoms with van der Waals surface area (Å²) < 4.78 is 5.64. The Bertz CT molecular complexity index is 336. The van der Waals surface area contributed by atoms with Gasteiger partial charge in [0.2, 0.25) is 0 Å². The molecule has 1 aliphatic carbocycles. The molecule has 0 spiro atoms. The summed E-state index contributed by atoms with van der Waals surface area (Å²) >= 11 is 0. The highest BCUT2D eigenvalue weighted by Crippen LogP contribution is 2.23. The van der Waals surface area contributed by atoms with Crippen molar-refractivity contribution in [2.75, 3.05) is 0 Å². The van der Waals surface area contributed by atoms with Crippen molar-refractivity contribution < 1.29 is 9.53 Å². The molecule has 0 heterocycles. The molecule has 1 aromatic rings. The highest BCUT2D eigenvalue weighted by Gasteiger charge is 2.28. The van der Waals surface area contributed by atoms with Crippen LogP contribution in [-0.2, 0) is 11.2 Å². The molecule has 74 valence electrons. The number of carbonyl (C=O) groups is 1. The van der Waals surface area contributed by atoms with Crippen molar-refractivity contribution in [3.63, 3.8) is 0 Å². The number of hydrogen-bond donors (Lipinski definition) is 0. The second kappa shape index (κ2) is 3.82. The minimum absolute atomic E-state index is 0.120. The third-order valence-corrected chi connectivity index (χ3v) is 2.52. The van der Waals surface area contributed by atoms with Gasteiger partial charge in [0.05, 0.1) is 0 Å². The fraction of sp³-hybridized carbons (Fsp3) is 0.417. The number of ether oxygens (including phenoxy) is 1. The highest BCUT2D eigenvalue weighted by atomic mass is 16.5. The molecule has 14 heavy (non-hydrogen) atoms. The predicted molar refractivity (Wildman–Crippen MR) is 54.5 cm³/mol. The van der Waals surface area contributed by atoms with E-state index in [9.17, 15) is 4.79 Å². The van der Waals surface area contributed by atoms with Crippen LogP contribution in [0.15, 0.2) is 24.3 Å². The van der Waals surface area contributed by atoms with Gasteiger partial charge < -0.3 is 4.74 Å². The van der Waals surface area contributed by atoms with Gasteiger partial charge in [-0.1, -0.05) is 19.1 Å². The molecule has 2 heteroatoms. The number of rotatable bonds is 3. The molecule has 0 N–H and O–H groups in total. The van der Waals surface area contributed by atoms with Gasteiger partial charge in [-0.05, 0) is 24.1 Å². The molecule has 0 radical (unpaired) electrons. The highest BCUT2D eigenvalue weighted by molar-refractivity contribution is 5.85. The zero-order valence-corrected chi connectivity index (χ0v) is 8.32. The third kappa shape index (κ3) is 1.95. The minimum Gasteiger partial charge on any atom is -0.490 e. The van der Waals surface area contributed by atoms with Crippen molar-refractivity contribution in [1.29, 1.82) is 0 Å². The van der Waals surface area contributed by atoms with Crippen LogP contribution in [0.2, 0.25) is 0 Å². The van der Waals surface area contributed by atoms with Crippen LogP contribution in [-0.4, -0.2) is 11.9 Å². The van der Waals surface area contributed by atoms with Crippen molar-refractivity contribution in [3.8, 4) is 5.75 Å². The average Bonchev–Trinajstić information content (AvgIpc) is 2.16. The number of aryl methyl sites for hydroxylation is 1. The first-order valence-electron chi connectivity index (χ1n) is 5.05. The maximum absolute atomic E-state index is 10.7. The molecule has 1 aromatic carbocycles. The number of benzene rings is 1. The normalized spacial score (nSPS) is 16.5. The fourth-order valence-electron chi connectivity index (χ4n) is 1.56. The van der Waals surface area contributed by atoms with Gasteiger partial charge in [0.1, 0.15) is 17.6 Å². The number of Topliss-reactive ketones (excluding diaryl/α,β-unsaturated/α-hetero) is 1. The first-order valence-corrected chi connectivity index (χ1v) is 5.05. The van der Waals surface area contributed by atoms with E-state index in [1.165, 1.54) is 5.56 Å². The van der Waals surface area contributed by atoms with Crippen LogP contribution in [0.25, 0.3) is 0 Å². The van der Waals surface area contributed by atoms with Gasteiger partial charge in [-0.15, -0.1) is 0 Å². The molecule has 2 nitrogen and oxygen atoms in total. The maximum Gasteiger partial charge on any atom is 0.140 e. The van der Waals surface area contributed by atoms with Crippen molar-refractivity contribution in [2.45, 2.75) is 32.3 Å². The first kappa shape index (κ1) is 9.25. The Kier molecular flexibility index (Phi) is 2.53. The summed E-state index contributed by atoms with van der Waals surface area (Å²) in [5.74, 6) is 1.20. The summed E-state index contributed by atoms with van der Waals surface area (Å²) in [6, 6.07) is 8.07. The first-order chi connectivity index (χ1) is 6.78. The number of hydrogen-bond acceptors (Lipinski definition) is 2. The topological polar surface area (TPSA) is 26.3 Å². The Morgan fingerprint density at radius 1 is 1.43 bits per heavy atom. The lowest BCUT2D eigenvalue weighted by Gasteiger charge is -2.25. The lowest BCUT2D eigenvalue weighted by molar-refractivity contribution is -0.129. The summed E-state index contributed by atoms with van der Waals surface area (Å²) in [7, 11) is 0. The van der Waals surface area contributed by atoms with Crippen LogP contribution >= 0.6 is 0 Å². The third-order valence-electron chi connectivity index (χ3n) is 2.52. The van der Waals surface area contributed by atoms with Gasteiger partial charge in [-0.3, -0.25) is 4.79 Å². The quantitative estimate of drug-likeness (QED) is 0.731. The smallest absolute Gasteiger partial charge is 0.140 e. The van der Waals surface area contributed by atoms with E-state index in [4.69, 9.17) is 4.74 Å². The predicted octanol–water partition coefficient (Wildman–Crippen LogP) is 2.36. The van der Waals surface area contributed by atoms with E-state index in [0.29, 0.717) is 18.6 Å². The van der Waals surface area contributed by atoms with Crippen LogP contribution in [0.4, 0.5) is 0 Å². The van der Waals surface area contributed by atoms with Crippen LogP contribution in [0.1, 0.15) is 25.3 Å². The zero-order valence-electron chi connectivity index (χ0n) is 8.32. The Hall–Kier alpha value is -1.31. The molecule has 0 bridgehead atoms. The maximum atomic E-state index is 10.7. The Morgan fingerprint density at radius 3 is 2.86 bits per heavy atom. The molecule has 1 saturated carbocycles. The van der Waals surface area contributed by atoms with Gasteiger partial charge >= 0.3 is 0 Å². The summed E-state index contributed by atoms with van der Waals surface area (Å²) in [5, 5.41) is 0. The summed E-state index contributed by atoms with van der Waals surface area (Å²) in [4.78, 5) is 10.7. The van der Waals surface area contributed by atoms with Gasteiger partial charge in [-0.2, -0.15) is 0 Å². The van der Waals surface area contributed by atoms with Crippen LogP contribution in [0, 0.1) is 0 Å². The largest absolute Gasteiger partial charge is 0.490 e. The van der Waals surface area contributed by atoms with Gasteiger partial charge in [0.25, 0.3) is 0 Å². The van der Waals surface area contributed by atoms with Crippen LogP contribution in [0.3, 0.4) is 0 Å². The molecule has 0 unspecified atom stereocenters. The van der Waals surface area contributed by atoms with E-state index < -0.39 is 0 Å². The van der Waals surface area contributed by atoms with Crippen molar-refractivity contribution in [2.24, 2.45) is 0 Å². The summed E-state index contributed by atoms with van der Waals surface area (Å²) in [6.07, 6.45) is 2.29. The van der Waals surface area contributed by atoms with E-state index in [1.54, 1.807) is 0 Å². The molecule has 0 amide bonds. The van der Waals surface area contributed by atoms with Crippen LogP contribution < -0.4 is 4.74 Å². The van der Waals surface area contributed by atoms with Gasteiger partial charge in [0.15, 0.2) is 0 Å². The standard InChI is InChI=1S/C12H14O2/c1-2-9-4-3-5-11(6-9)14-12-7-10(13)8-12/h3-6,12H,2,7-8H2,1H3. The van der Waals surface area contributed by atoms with Crippen molar-refractivity contribution in [1.82, 2.24) is 0 Å². The molecular formula is C12H14O2. The van der Waals surface area contributed by atoms with E-state index in [-0.39, 0.29) is 6.10 Å². The van der Waals surface area contributed by atoms with Gasteiger partial charge in [-0.25, -0.2) is 0 Å². The molecule has 1 aliphatic rings. The molecule has 0 saturated heterocycles. The number of carbonyl (C=O) groups excluding carboxylic acids is 1. The van der Waals surface area contributed by atoms with Crippen molar-refractivity contribution in [3.05, 3.63) is 29.8 Å². The molecular weight excluding hydrogens is 176 g/mol. The molecule has 2 rings (SSSR count). The lowest BCUT2D eigenvalue weighted by Crippen LogP contribution is -2.33. The fourth-order valence-corrected chi connectivity index (χ4v) is 1.56. The van der Waals surface area contributed by atoms with Gasteiger partial charge in [0, 0.05) is 12.8 Å². The van der Waals surface area contributed by atoms with Crippen molar-refractivity contribution >= 4 is 5.78 Å². The lowest BCUT2D eigenvalue weighted by atomic mass is 9.94. The van der Waals surface area contributed by atoms with E-state index in [1.807, 2.05) is 18.2 Å². The summed E-state index contributed by atoms with van der Waals surface area (Å²) in [6.45, 7) is 2.12. The second-order valence-electron chi connectivity index (χ2n) is 3.69. The minimum atomic E-state index is 0.120. The Labute approximate surface area is 83.9 Å². The summed E-state index contributed by atoms with van der Waals surface area (Å²) in [5.41, 5.74) is 1.27. The van der Waals surface area contributed by atoms with Crippen LogP contribution in [0.5, 0.6) is 5.75 Å². The molecule has 0 aliphatic heterocycles. The zero-order chi connectivity index (χ0) is 9.97. The molecule has 1 fully saturated rings. The Morgan fingerprint density at radius 2 is 2.21 bits per heavy atom. The Balaban J connectivity index is 1.98. The SMILES string of the molecule is CCc1cccc(OC2CC(=O)C2)c1. The monoisotopic (exact) mass is 190 g/mol. The molecule has 0 aromatic heterocycles. The van der Waals surface area contributed by atoms with E-state index in [0.717, 1.165) is 12.2 Å². The van der Waals surface area contributed by atoms with E-state index in [2.05, 4.69) is 13.0 Å². The van der Waals surface area contributed by atoms with E-state index >= 15 is 0 Å². The average molecular weight is 190 g/mol.